The maximum Gasteiger partial charge on any atom is 0.326 e. The summed E-state index contributed by atoms with van der Waals surface area (Å²) < 4.78 is 1.59. The van der Waals surface area contributed by atoms with Crippen LogP contribution >= 0.6 is 0 Å². The Morgan fingerprint density at radius 2 is 2.31 bits per heavy atom. The molecule has 0 atom stereocenters. The van der Waals surface area contributed by atoms with Gasteiger partial charge in [-0.3, -0.25) is 4.57 Å². The Balaban J connectivity index is 3.03. The molecule has 0 saturated heterocycles. The van der Waals surface area contributed by atoms with Gasteiger partial charge in [0, 0.05) is 7.05 Å². The first-order valence-corrected chi connectivity index (χ1v) is 4.04. The lowest BCUT2D eigenvalue weighted by Crippen LogP contribution is -2.12. The van der Waals surface area contributed by atoms with Gasteiger partial charge in [-0.25, -0.2) is 4.79 Å². The topological polar surface area (TPSA) is 37.8 Å². The van der Waals surface area contributed by atoms with E-state index in [1.54, 1.807) is 17.7 Å². The molecule has 0 saturated carbocycles. The molecule has 0 unspecified atom stereocenters. The van der Waals surface area contributed by atoms with Crippen molar-refractivity contribution in [1.82, 2.24) is 9.55 Å². The number of aryl methyl sites for hydroxylation is 1. The van der Waals surface area contributed by atoms with Gasteiger partial charge >= 0.3 is 5.69 Å². The number of fused-ring (bicyclic) bond motifs is 1. The van der Waals surface area contributed by atoms with Gasteiger partial charge in [-0.1, -0.05) is 24.8 Å². The zero-order valence-electron chi connectivity index (χ0n) is 7.37. The number of nitrogens with zero attached hydrogens (tertiary/aromatic N) is 1. The van der Waals surface area contributed by atoms with Gasteiger partial charge in [-0.2, -0.15) is 0 Å². The van der Waals surface area contributed by atoms with Gasteiger partial charge in [0.05, 0.1) is 11.0 Å². The van der Waals surface area contributed by atoms with Gasteiger partial charge < -0.3 is 4.98 Å². The lowest BCUT2D eigenvalue weighted by atomic mass is 10.2. The summed E-state index contributed by atoms with van der Waals surface area (Å²) >= 11 is 0. The first-order valence-electron chi connectivity index (χ1n) is 4.04. The van der Waals surface area contributed by atoms with Crippen LogP contribution in [0.5, 0.6) is 0 Å². The van der Waals surface area contributed by atoms with Crippen LogP contribution in [0.3, 0.4) is 0 Å². The number of hydrogen-bond acceptors (Lipinski definition) is 1. The van der Waals surface area contributed by atoms with E-state index in [0.717, 1.165) is 16.6 Å². The van der Waals surface area contributed by atoms with E-state index in [9.17, 15) is 4.79 Å². The van der Waals surface area contributed by atoms with E-state index < -0.39 is 0 Å². The summed E-state index contributed by atoms with van der Waals surface area (Å²) in [6, 6.07) is 5.71. The van der Waals surface area contributed by atoms with Gasteiger partial charge in [0.2, 0.25) is 0 Å². The van der Waals surface area contributed by atoms with Crippen molar-refractivity contribution in [3.63, 3.8) is 0 Å². The number of nitrogens with one attached hydrogen (secondary N) is 1. The lowest BCUT2D eigenvalue weighted by molar-refractivity contribution is 0.891. The highest BCUT2D eigenvalue weighted by Crippen LogP contribution is 2.15. The number of aromatic amines is 1. The Kier molecular flexibility index (Phi) is 1.59. The van der Waals surface area contributed by atoms with Gasteiger partial charge in [-0.15, -0.1) is 0 Å². The van der Waals surface area contributed by atoms with Crippen molar-refractivity contribution in [1.29, 1.82) is 0 Å². The number of H-pyrrole nitrogens is 1. The van der Waals surface area contributed by atoms with Crippen LogP contribution in [0.1, 0.15) is 5.56 Å². The Hall–Kier alpha value is -1.77. The smallest absolute Gasteiger partial charge is 0.306 e. The summed E-state index contributed by atoms with van der Waals surface area (Å²) in [5.41, 5.74) is 2.63. The molecule has 2 aromatic rings. The maximum absolute atomic E-state index is 11.3. The van der Waals surface area contributed by atoms with Crippen molar-refractivity contribution in [2.45, 2.75) is 0 Å². The van der Waals surface area contributed by atoms with E-state index >= 15 is 0 Å². The second-order valence-electron chi connectivity index (χ2n) is 2.94. The second kappa shape index (κ2) is 2.62. The van der Waals surface area contributed by atoms with Crippen molar-refractivity contribution in [3.05, 3.63) is 40.8 Å². The molecule has 0 spiro atoms. The third-order valence-electron chi connectivity index (χ3n) is 2.17. The second-order valence-corrected chi connectivity index (χ2v) is 2.94. The number of para-hydroxylation sites is 1. The van der Waals surface area contributed by atoms with E-state index in [1.165, 1.54) is 0 Å². The Morgan fingerprint density at radius 1 is 1.54 bits per heavy atom. The number of hydrogen-bond donors (Lipinski definition) is 1. The Morgan fingerprint density at radius 3 is 3.00 bits per heavy atom. The van der Waals surface area contributed by atoms with Crippen molar-refractivity contribution in [2.75, 3.05) is 0 Å². The van der Waals surface area contributed by atoms with E-state index in [2.05, 4.69) is 11.6 Å². The van der Waals surface area contributed by atoms with Crippen molar-refractivity contribution in [2.24, 2.45) is 7.05 Å². The van der Waals surface area contributed by atoms with Crippen LogP contribution in [0.25, 0.3) is 17.1 Å². The quantitative estimate of drug-likeness (QED) is 0.699. The highest BCUT2D eigenvalue weighted by molar-refractivity contribution is 5.84. The normalized spacial score (nSPS) is 10.5. The molecule has 0 aliphatic carbocycles. The minimum Gasteiger partial charge on any atom is -0.306 e. The molecule has 0 aliphatic heterocycles. The van der Waals surface area contributed by atoms with Crippen molar-refractivity contribution < 1.29 is 0 Å². The Bertz CT molecular complexity index is 519. The van der Waals surface area contributed by atoms with Gasteiger partial charge in [0.25, 0.3) is 0 Å². The third-order valence-corrected chi connectivity index (χ3v) is 2.17. The van der Waals surface area contributed by atoms with Crippen molar-refractivity contribution in [3.8, 4) is 0 Å². The molecule has 0 amide bonds. The summed E-state index contributed by atoms with van der Waals surface area (Å²) in [6.45, 7) is 3.70. The molecular formula is C10H10N2O. The Labute approximate surface area is 75.3 Å². The van der Waals surface area contributed by atoms with Crippen LogP contribution < -0.4 is 5.69 Å². The predicted octanol–water partition coefficient (Wildman–Crippen LogP) is 1.51. The fourth-order valence-electron chi connectivity index (χ4n) is 1.50. The molecule has 66 valence electrons. The van der Waals surface area contributed by atoms with Gasteiger partial charge in [-0.05, 0) is 11.6 Å². The van der Waals surface area contributed by atoms with Crippen LogP contribution in [-0.2, 0) is 7.05 Å². The molecule has 1 heterocycles. The molecule has 13 heavy (non-hydrogen) atoms. The molecule has 3 heteroatoms. The minimum absolute atomic E-state index is 0.0932. The van der Waals surface area contributed by atoms with E-state index in [0.29, 0.717) is 0 Å². The zero-order chi connectivity index (χ0) is 9.42. The van der Waals surface area contributed by atoms with E-state index in [1.807, 2.05) is 18.2 Å². The summed E-state index contributed by atoms with van der Waals surface area (Å²) in [6.07, 6.45) is 1.75. The molecule has 0 bridgehead atoms. The first-order chi connectivity index (χ1) is 6.24. The molecule has 3 nitrogen and oxygen atoms in total. The largest absolute Gasteiger partial charge is 0.326 e. The summed E-state index contributed by atoms with van der Waals surface area (Å²) in [4.78, 5) is 14.0. The molecule has 1 aromatic carbocycles. The summed E-state index contributed by atoms with van der Waals surface area (Å²) in [5.74, 6) is 0. The molecular weight excluding hydrogens is 164 g/mol. The first kappa shape index (κ1) is 7.86. The van der Waals surface area contributed by atoms with Crippen LogP contribution in [0, 0.1) is 0 Å². The zero-order valence-corrected chi connectivity index (χ0v) is 7.37. The summed E-state index contributed by atoms with van der Waals surface area (Å²) in [5, 5.41) is 0. The predicted molar refractivity (Wildman–Crippen MR) is 53.6 cm³/mol. The minimum atomic E-state index is -0.0932. The summed E-state index contributed by atoms with van der Waals surface area (Å²) in [7, 11) is 1.74. The van der Waals surface area contributed by atoms with Gasteiger partial charge in [0.1, 0.15) is 0 Å². The average Bonchev–Trinajstić information content (AvgIpc) is 2.43. The standard InChI is InChI=1S/C10H10N2O/c1-3-7-5-4-6-8-9(7)12(2)10(13)11-8/h3-6H,1H2,2H3,(H,11,13). The molecule has 1 aromatic heterocycles. The number of benzene rings is 1. The fraction of sp³-hybridized carbons (Fsp3) is 0.100. The number of rotatable bonds is 1. The number of imidazole rings is 1. The average molecular weight is 174 g/mol. The maximum atomic E-state index is 11.3. The lowest BCUT2D eigenvalue weighted by Gasteiger charge is -1.97. The molecule has 0 radical (unpaired) electrons. The van der Waals surface area contributed by atoms with Crippen LogP contribution in [0.2, 0.25) is 0 Å². The van der Waals surface area contributed by atoms with Gasteiger partial charge in [0.15, 0.2) is 0 Å². The van der Waals surface area contributed by atoms with Crippen molar-refractivity contribution >= 4 is 17.1 Å². The highest BCUT2D eigenvalue weighted by Gasteiger charge is 2.04. The SMILES string of the molecule is C=Cc1cccc2[nH]c(=O)n(C)c12. The highest BCUT2D eigenvalue weighted by atomic mass is 16.1. The van der Waals surface area contributed by atoms with Crippen LogP contribution in [0.4, 0.5) is 0 Å². The van der Waals surface area contributed by atoms with Crippen LogP contribution in [-0.4, -0.2) is 9.55 Å². The number of aromatic nitrogens is 2. The van der Waals surface area contributed by atoms with E-state index in [-0.39, 0.29) is 5.69 Å². The molecule has 0 aliphatic rings. The fourth-order valence-corrected chi connectivity index (χ4v) is 1.50. The third kappa shape index (κ3) is 1.01. The van der Waals surface area contributed by atoms with Crippen LogP contribution in [0.15, 0.2) is 29.6 Å². The molecule has 1 N–H and O–H groups in total. The van der Waals surface area contributed by atoms with E-state index in [4.69, 9.17) is 0 Å². The molecule has 2 rings (SSSR count). The monoisotopic (exact) mass is 174 g/mol. The molecule has 0 fully saturated rings.